The number of hydrogen-bond acceptors (Lipinski definition) is 2. The third-order valence-corrected chi connectivity index (χ3v) is 4.94. The molecule has 0 saturated carbocycles. The molecular formula is C15H26N2. The van der Waals surface area contributed by atoms with Crippen LogP contribution in [-0.4, -0.2) is 48.1 Å². The molecule has 2 aliphatic heterocycles. The summed E-state index contributed by atoms with van der Waals surface area (Å²) >= 11 is 0. The smallest absolute Gasteiger partial charge is 0.0224 e. The van der Waals surface area contributed by atoms with Crippen molar-refractivity contribution in [2.24, 2.45) is 5.92 Å². The molecule has 2 nitrogen and oxygen atoms in total. The van der Waals surface area contributed by atoms with Crippen LogP contribution in [0.1, 0.15) is 39.0 Å². The quantitative estimate of drug-likeness (QED) is 0.677. The number of hydrogen-bond donors (Lipinski definition) is 0. The molecule has 0 amide bonds. The lowest BCUT2D eigenvalue weighted by Crippen LogP contribution is -2.55. The van der Waals surface area contributed by atoms with Gasteiger partial charge in [0.15, 0.2) is 0 Å². The number of allylic oxidation sites excluding steroid dienone is 2. The minimum Gasteiger partial charge on any atom is -0.298 e. The van der Waals surface area contributed by atoms with E-state index in [-0.39, 0.29) is 0 Å². The monoisotopic (exact) mass is 234 g/mol. The van der Waals surface area contributed by atoms with Gasteiger partial charge in [0.05, 0.1) is 0 Å². The van der Waals surface area contributed by atoms with Crippen molar-refractivity contribution >= 4 is 0 Å². The number of nitrogens with zero attached hydrogens (tertiary/aromatic N) is 2. The number of rotatable bonds is 2. The van der Waals surface area contributed by atoms with Crippen molar-refractivity contribution in [2.75, 3.05) is 26.2 Å². The first-order chi connectivity index (χ1) is 8.33. The van der Waals surface area contributed by atoms with Crippen molar-refractivity contribution in [1.29, 1.82) is 0 Å². The molecule has 0 N–H and O–H groups in total. The first-order valence-corrected chi connectivity index (χ1v) is 7.46. The van der Waals surface area contributed by atoms with E-state index in [1.54, 1.807) is 0 Å². The fourth-order valence-corrected chi connectivity index (χ4v) is 3.86. The minimum atomic E-state index is 0.773. The summed E-state index contributed by atoms with van der Waals surface area (Å²) < 4.78 is 0. The zero-order chi connectivity index (χ0) is 11.7. The van der Waals surface area contributed by atoms with E-state index in [1.165, 1.54) is 58.3 Å². The molecule has 17 heavy (non-hydrogen) atoms. The van der Waals surface area contributed by atoms with Crippen LogP contribution in [0, 0.1) is 5.92 Å². The molecule has 2 heterocycles. The first kappa shape index (κ1) is 11.7. The average molecular weight is 234 g/mol. The zero-order valence-corrected chi connectivity index (χ0v) is 11.1. The summed E-state index contributed by atoms with van der Waals surface area (Å²) in [5, 5.41) is 0. The van der Waals surface area contributed by atoms with Crippen LogP contribution in [0.5, 0.6) is 0 Å². The van der Waals surface area contributed by atoms with E-state index in [0.717, 1.165) is 18.0 Å². The standard InChI is InChI=1S/C15H26N2/c1-13-10-16-9-5-8-15(16)12-17(13)11-14-6-3-2-4-7-14/h2-3,13-15H,4-12H2,1H3/t13-,14?,15?/m0/s1. The van der Waals surface area contributed by atoms with Gasteiger partial charge in [-0.25, -0.2) is 0 Å². The van der Waals surface area contributed by atoms with Crippen molar-refractivity contribution in [3.8, 4) is 0 Å². The molecule has 2 fully saturated rings. The van der Waals surface area contributed by atoms with Crippen LogP contribution >= 0.6 is 0 Å². The Balaban J connectivity index is 1.57. The van der Waals surface area contributed by atoms with Gasteiger partial charge in [-0.3, -0.25) is 9.80 Å². The molecule has 0 radical (unpaired) electrons. The molecule has 0 spiro atoms. The predicted octanol–water partition coefficient (Wildman–Crippen LogP) is 2.51. The van der Waals surface area contributed by atoms with E-state index < -0.39 is 0 Å². The van der Waals surface area contributed by atoms with E-state index in [9.17, 15) is 0 Å². The van der Waals surface area contributed by atoms with Crippen LogP contribution in [0.4, 0.5) is 0 Å². The molecule has 0 aromatic carbocycles. The Morgan fingerprint density at radius 2 is 2.12 bits per heavy atom. The van der Waals surface area contributed by atoms with Crippen molar-refractivity contribution in [2.45, 2.75) is 51.1 Å². The third kappa shape index (κ3) is 2.58. The van der Waals surface area contributed by atoms with Gasteiger partial charge in [0, 0.05) is 31.7 Å². The number of fused-ring (bicyclic) bond motifs is 1. The third-order valence-electron chi connectivity index (χ3n) is 4.94. The summed E-state index contributed by atoms with van der Waals surface area (Å²) in [6, 6.07) is 1.65. The minimum absolute atomic E-state index is 0.773. The Kier molecular flexibility index (Phi) is 3.53. The maximum atomic E-state index is 2.77. The highest BCUT2D eigenvalue weighted by Crippen LogP contribution is 2.27. The van der Waals surface area contributed by atoms with Gasteiger partial charge in [-0.1, -0.05) is 12.2 Å². The highest BCUT2D eigenvalue weighted by Gasteiger charge is 2.34. The zero-order valence-electron chi connectivity index (χ0n) is 11.1. The van der Waals surface area contributed by atoms with Crippen molar-refractivity contribution in [3.05, 3.63) is 12.2 Å². The van der Waals surface area contributed by atoms with Gasteiger partial charge in [-0.15, -0.1) is 0 Å². The second-order valence-corrected chi connectivity index (χ2v) is 6.24. The summed E-state index contributed by atoms with van der Waals surface area (Å²) in [6.07, 6.45) is 11.7. The summed E-state index contributed by atoms with van der Waals surface area (Å²) in [4.78, 5) is 5.50. The average Bonchev–Trinajstić information content (AvgIpc) is 2.78. The largest absolute Gasteiger partial charge is 0.298 e. The molecule has 2 saturated heterocycles. The van der Waals surface area contributed by atoms with Crippen molar-refractivity contribution in [1.82, 2.24) is 9.80 Å². The lowest BCUT2D eigenvalue weighted by Gasteiger charge is -2.43. The lowest BCUT2D eigenvalue weighted by molar-refractivity contribution is 0.0470. The topological polar surface area (TPSA) is 6.48 Å². The molecule has 0 aromatic rings. The van der Waals surface area contributed by atoms with Gasteiger partial charge < -0.3 is 0 Å². The fraction of sp³-hybridized carbons (Fsp3) is 0.867. The Labute approximate surface area is 106 Å². The fourth-order valence-electron chi connectivity index (χ4n) is 3.86. The van der Waals surface area contributed by atoms with E-state index >= 15 is 0 Å². The van der Waals surface area contributed by atoms with Gasteiger partial charge in [0.25, 0.3) is 0 Å². The molecular weight excluding hydrogens is 208 g/mol. The van der Waals surface area contributed by atoms with Gasteiger partial charge in [0.1, 0.15) is 0 Å². The lowest BCUT2D eigenvalue weighted by atomic mass is 9.93. The van der Waals surface area contributed by atoms with Gasteiger partial charge >= 0.3 is 0 Å². The van der Waals surface area contributed by atoms with Crippen LogP contribution in [0.15, 0.2) is 12.2 Å². The summed E-state index contributed by atoms with van der Waals surface area (Å²) in [5.74, 6) is 0.926. The van der Waals surface area contributed by atoms with E-state index in [1.807, 2.05) is 0 Å². The van der Waals surface area contributed by atoms with Gasteiger partial charge in [-0.2, -0.15) is 0 Å². The molecule has 0 aromatic heterocycles. The van der Waals surface area contributed by atoms with Crippen LogP contribution in [0.25, 0.3) is 0 Å². The van der Waals surface area contributed by atoms with Crippen LogP contribution in [0.3, 0.4) is 0 Å². The molecule has 2 heteroatoms. The molecule has 3 rings (SSSR count). The molecule has 3 aliphatic rings. The van der Waals surface area contributed by atoms with E-state index in [4.69, 9.17) is 0 Å². The normalized spacial score (nSPS) is 39.5. The predicted molar refractivity (Wildman–Crippen MR) is 72.1 cm³/mol. The van der Waals surface area contributed by atoms with E-state index in [2.05, 4.69) is 28.9 Å². The highest BCUT2D eigenvalue weighted by molar-refractivity contribution is 4.94. The van der Waals surface area contributed by atoms with Crippen LogP contribution in [0.2, 0.25) is 0 Å². The van der Waals surface area contributed by atoms with Gasteiger partial charge in [0.2, 0.25) is 0 Å². The molecule has 3 atom stereocenters. The Morgan fingerprint density at radius 3 is 2.94 bits per heavy atom. The Bertz CT molecular complexity index is 287. The second kappa shape index (κ2) is 5.11. The maximum Gasteiger partial charge on any atom is 0.0224 e. The van der Waals surface area contributed by atoms with Crippen molar-refractivity contribution < 1.29 is 0 Å². The SMILES string of the molecule is C[C@H]1CN2CCCC2CN1CC1CC=CCC1. The molecule has 1 aliphatic carbocycles. The Morgan fingerprint density at radius 1 is 1.18 bits per heavy atom. The summed E-state index contributed by atoms with van der Waals surface area (Å²) in [6.45, 7) is 7.77. The van der Waals surface area contributed by atoms with E-state index in [0.29, 0.717) is 0 Å². The van der Waals surface area contributed by atoms with Crippen LogP contribution in [-0.2, 0) is 0 Å². The molecule has 96 valence electrons. The maximum absolute atomic E-state index is 2.77. The van der Waals surface area contributed by atoms with Crippen molar-refractivity contribution in [3.63, 3.8) is 0 Å². The first-order valence-electron chi connectivity index (χ1n) is 7.46. The molecule has 0 bridgehead atoms. The summed E-state index contributed by atoms with van der Waals surface area (Å²) in [7, 11) is 0. The molecule has 2 unspecified atom stereocenters. The van der Waals surface area contributed by atoms with Gasteiger partial charge in [-0.05, 0) is 51.5 Å². The van der Waals surface area contributed by atoms with Crippen LogP contribution < -0.4 is 0 Å². The Hall–Kier alpha value is -0.340. The summed E-state index contributed by atoms with van der Waals surface area (Å²) in [5.41, 5.74) is 0. The highest BCUT2D eigenvalue weighted by atomic mass is 15.3. The number of piperazine rings is 1. The second-order valence-electron chi connectivity index (χ2n) is 6.24.